The van der Waals surface area contributed by atoms with E-state index in [1.54, 1.807) is 0 Å². The largest absolute Gasteiger partial charge is 0.387 e. The summed E-state index contributed by atoms with van der Waals surface area (Å²) in [6.07, 6.45) is 0.350. The lowest BCUT2D eigenvalue weighted by Gasteiger charge is -2.08. The van der Waals surface area contributed by atoms with Crippen molar-refractivity contribution in [2.75, 3.05) is 5.88 Å². The van der Waals surface area contributed by atoms with Gasteiger partial charge in [-0.1, -0.05) is 17.3 Å². The molecule has 0 fully saturated rings. The number of alkyl halides is 1. The number of carbonyl (C=O) groups is 1. The minimum absolute atomic E-state index is 0.0404. The summed E-state index contributed by atoms with van der Waals surface area (Å²) >= 11 is 7.70. The van der Waals surface area contributed by atoms with E-state index in [2.05, 4.69) is 27.7 Å². The number of oxime groups is 1. The highest BCUT2D eigenvalue weighted by Gasteiger charge is 2.26. The number of hydrogen-bond acceptors (Lipinski definition) is 3. The molecule has 1 heterocycles. The minimum atomic E-state index is -0.158. The molecule has 0 aliphatic carbocycles. The van der Waals surface area contributed by atoms with Crippen LogP contribution in [0.2, 0.25) is 0 Å². The van der Waals surface area contributed by atoms with Gasteiger partial charge in [-0.15, -0.1) is 11.6 Å². The predicted octanol–water partition coefficient (Wildman–Crippen LogP) is 2.92. The van der Waals surface area contributed by atoms with E-state index in [4.69, 9.17) is 16.4 Å². The highest BCUT2D eigenvalue weighted by molar-refractivity contribution is 14.1. The number of ketones is 1. The van der Waals surface area contributed by atoms with Gasteiger partial charge in [0, 0.05) is 9.99 Å². The number of benzene rings is 1. The molecular weight excluding hydrogens is 340 g/mol. The molecule has 5 heteroatoms. The second kappa shape index (κ2) is 5.14. The smallest absolute Gasteiger partial charge is 0.195 e. The molecule has 0 radical (unpaired) electrons. The molecule has 0 spiro atoms. The number of carbonyl (C=O) groups excluding carboxylic acids is 1. The zero-order chi connectivity index (χ0) is 11.5. The van der Waals surface area contributed by atoms with Crippen molar-refractivity contribution in [2.45, 2.75) is 12.5 Å². The molecule has 1 aromatic carbocycles. The van der Waals surface area contributed by atoms with Gasteiger partial charge in [0.25, 0.3) is 0 Å². The molecule has 0 amide bonds. The van der Waals surface area contributed by atoms with Gasteiger partial charge in [-0.3, -0.25) is 4.79 Å². The van der Waals surface area contributed by atoms with E-state index >= 15 is 0 Å². The van der Waals surface area contributed by atoms with Crippen molar-refractivity contribution in [1.82, 2.24) is 0 Å². The SMILES string of the molecule is O=C(CCl)C1=NOC(c2cccc(I)c2)C1. The summed E-state index contributed by atoms with van der Waals surface area (Å²) in [5.74, 6) is -0.198. The molecule has 3 nitrogen and oxygen atoms in total. The molecule has 1 aliphatic heterocycles. The first-order chi connectivity index (χ1) is 7.70. The average Bonchev–Trinajstić information content (AvgIpc) is 2.77. The van der Waals surface area contributed by atoms with Crippen LogP contribution in [0.5, 0.6) is 0 Å². The van der Waals surface area contributed by atoms with Gasteiger partial charge in [-0.25, -0.2) is 0 Å². The zero-order valence-electron chi connectivity index (χ0n) is 8.32. The summed E-state index contributed by atoms with van der Waals surface area (Å²) in [5, 5.41) is 3.77. The highest BCUT2D eigenvalue weighted by Crippen LogP contribution is 2.28. The third kappa shape index (κ3) is 2.55. The van der Waals surface area contributed by atoms with Gasteiger partial charge >= 0.3 is 0 Å². The van der Waals surface area contributed by atoms with Crippen LogP contribution in [0, 0.1) is 3.57 Å². The normalized spacial score (nSPS) is 19.1. The van der Waals surface area contributed by atoms with Crippen LogP contribution in [-0.4, -0.2) is 17.4 Å². The first kappa shape index (κ1) is 11.9. The Morgan fingerprint density at radius 3 is 3.12 bits per heavy atom. The Labute approximate surface area is 112 Å². The lowest BCUT2D eigenvalue weighted by Crippen LogP contribution is -2.13. The fourth-order valence-electron chi connectivity index (χ4n) is 1.50. The second-order valence-corrected chi connectivity index (χ2v) is 4.96. The first-order valence-corrected chi connectivity index (χ1v) is 6.39. The first-order valence-electron chi connectivity index (χ1n) is 4.78. The van der Waals surface area contributed by atoms with Crippen molar-refractivity contribution in [3.8, 4) is 0 Å². The number of halogens is 2. The Morgan fingerprint density at radius 1 is 1.62 bits per heavy atom. The fraction of sp³-hybridized carbons (Fsp3) is 0.273. The maximum atomic E-state index is 11.3. The third-order valence-electron chi connectivity index (χ3n) is 2.33. The molecule has 1 unspecified atom stereocenters. The van der Waals surface area contributed by atoms with Crippen LogP contribution < -0.4 is 0 Å². The van der Waals surface area contributed by atoms with Crippen LogP contribution in [0.3, 0.4) is 0 Å². The second-order valence-electron chi connectivity index (χ2n) is 3.45. The van der Waals surface area contributed by atoms with Crippen molar-refractivity contribution in [2.24, 2.45) is 5.16 Å². The molecule has 0 N–H and O–H groups in total. The molecule has 16 heavy (non-hydrogen) atoms. The van der Waals surface area contributed by atoms with Gasteiger partial charge in [0.1, 0.15) is 5.71 Å². The van der Waals surface area contributed by atoms with Crippen LogP contribution in [0.15, 0.2) is 29.4 Å². The fourth-order valence-corrected chi connectivity index (χ4v) is 2.23. The standard InChI is InChI=1S/C11H9ClINO2/c12-6-10(15)9-5-11(16-14-9)7-2-1-3-8(13)4-7/h1-4,11H,5-6H2. The van der Waals surface area contributed by atoms with Gasteiger partial charge in [-0.2, -0.15) is 0 Å². The molecule has 2 rings (SSSR count). The number of hydrogen-bond donors (Lipinski definition) is 0. The molecule has 0 saturated carbocycles. The third-order valence-corrected chi connectivity index (χ3v) is 3.25. The van der Waals surface area contributed by atoms with Gasteiger partial charge in [-0.05, 0) is 40.3 Å². The topological polar surface area (TPSA) is 38.7 Å². The monoisotopic (exact) mass is 349 g/mol. The Kier molecular flexibility index (Phi) is 3.81. The molecule has 84 valence electrons. The minimum Gasteiger partial charge on any atom is -0.387 e. The van der Waals surface area contributed by atoms with Crippen LogP contribution in [-0.2, 0) is 9.63 Å². The van der Waals surface area contributed by atoms with E-state index in [0.29, 0.717) is 12.1 Å². The van der Waals surface area contributed by atoms with E-state index in [-0.39, 0.29) is 17.8 Å². The van der Waals surface area contributed by atoms with Gasteiger partial charge in [0.2, 0.25) is 0 Å². The van der Waals surface area contributed by atoms with Crippen LogP contribution in [0.1, 0.15) is 18.1 Å². The van der Waals surface area contributed by atoms with Crippen molar-refractivity contribution in [3.05, 3.63) is 33.4 Å². The summed E-state index contributed by atoms with van der Waals surface area (Å²) < 4.78 is 1.14. The van der Waals surface area contributed by atoms with Crippen molar-refractivity contribution in [1.29, 1.82) is 0 Å². The molecule has 0 bridgehead atoms. The summed E-state index contributed by atoms with van der Waals surface area (Å²) in [4.78, 5) is 16.5. The summed E-state index contributed by atoms with van der Waals surface area (Å²) in [6, 6.07) is 7.96. The molecule has 1 aliphatic rings. The van der Waals surface area contributed by atoms with E-state index < -0.39 is 0 Å². The lowest BCUT2D eigenvalue weighted by molar-refractivity contribution is -0.110. The Bertz CT molecular complexity index is 447. The number of nitrogens with zero attached hydrogens (tertiary/aromatic N) is 1. The maximum Gasteiger partial charge on any atom is 0.195 e. The summed E-state index contributed by atoms with van der Waals surface area (Å²) in [6.45, 7) is 0. The molecule has 1 aromatic rings. The lowest BCUT2D eigenvalue weighted by atomic mass is 10.0. The zero-order valence-corrected chi connectivity index (χ0v) is 11.2. The Morgan fingerprint density at radius 2 is 2.44 bits per heavy atom. The van der Waals surface area contributed by atoms with E-state index in [9.17, 15) is 4.79 Å². The van der Waals surface area contributed by atoms with E-state index in [1.165, 1.54) is 0 Å². The van der Waals surface area contributed by atoms with Gasteiger partial charge in [0.15, 0.2) is 11.9 Å². The number of Topliss-reactive ketones (excluding diaryl/α,β-unsaturated/α-hetero) is 1. The highest BCUT2D eigenvalue weighted by atomic mass is 127. The van der Waals surface area contributed by atoms with Crippen LogP contribution >= 0.6 is 34.2 Å². The van der Waals surface area contributed by atoms with Crippen LogP contribution in [0.4, 0.5) is 0 Å². The molecule has 0 aromatic heterocycles. The van der Waals surface area contributed by atoms with E-state index in [1.807, 2.05) is 24.3 Å². The van der Waals surface area contributed by atoms with Crippen molar-refractivity contribution >= 4 is 45.7 Å². The van der Waals surface area contributed by atoms with Gasteiger partial charge < -0.3 is 4.84 Å². The van der Waals surface area contributed by atoms with Gasteiger partial charge in [0.05, 0.1) is 5.88 Å². The van der Waals surface area contributed by atoms with E-state index in [0.717, 1.165) is 9.13 Å². The quantitative estimate of drug-likeness (QED) is 0.622. The van der Waals surface area contributed by atoms with Crippen molar-refractivity contribution in [3.63, 3.8) is 0 Å². The predicted molar refractivity (Wildman–Crippen MR) is 70.8 cm³/mol. The Balaban J connectivity index is 2.09. The molecular formula is C11H9ClINO2. The number of rotatable bonds is 3. The Hall–Kier alpha value is -0.620. The summed E-state index contributed by atoms with van der Waals surface area (Å²) in [7, 11) is 0. The summed E-state index contributed by atoms with van der Waals surface area (Å²) in [5.41, 5.74) is 1.46. The maximum absolute atomic E-state index is 11.3. The van der Waals surface area contributed by atoms with Crippen LogP contribution in [0.25, 0.3) is 0 Å². The molecule has 1 atom stereocenters. The average molecular weight is 350 g/mol. The van der Waals surface area contributed by atoms with Crippen molar-refractivity contribution < 1.29 is 9.63 Å². The molecule has 0 saturated heterocycles.